The van der Waals surface area contributed by atoms with Crippen LogP contribution in [0.5, 0.6) is 0 Å². The number of aliphatic carboxylic acids is 2. The van der Waals surface area contributed by atoms with Crippen molar-refractivity contribution < 1.29 is 34.2 Å². The average Bonchev–Trinajstić information content (AvgIpc) is 2.76. The molecule has 0 heterocycles. The van der Waals surface area contributed by atoms with E-state index in [-0.39, 0.29) is 31.3 Å². The summed E-state index contributed by atoms with van der Waals surface area (Å²) in [6.07, 6.45) is 0.333. The summed E-state index contributed by atoms with van der Waals surface area (Å²) < 4.78 is 0. The van der Waals surface area contributed by atoms with Gasteiger partial charge in [-0.3, -0.25) is 24.6 Å². The summed E-state index contributed by atoms with van der Waals surface area (Å²) >= 11 is 0. The van der Waals surface area contributed by atoms with E-state index in [9.17, 15) is 29.1 Å². The standard InChI is InChI=1S/C20H37N7O7/c1-4-10(2)15(21)18(32)26-12(7-8-14(28)29)17(31)25-11(3)16(30)27-13(19(33)34)6-5-9-24-20(22)23/h10-13,15H,4-9,21H2,1-3H3,(H,25,31)(H,26,32)(H,27,30)(H,28,29)(H,33,34)(H4,22,23,24)/t10-,11-,12-,13-,15-/m0/s1. The first-order valence-electron chi connectivity index (χ1n) is 11.0. The molecular weight excluding hydrogens is 450 g/mol. The average molecular weight is 488 g/mol. The Morgan fingerprint density at radius 2 is 1.50 bits per heavy atom. The van der Waals surface area contributed by atoms with Crippen LogP contribution in [0.25, 0.3) is 0 Å². The highest BCUT2D eigenvalue weighted by Crippen LogP contribution is 2.07. The van der Waals surface area contributed by atoms with Crippen molar-refractivity contribution in [3.8, 4) is 0 Å². The van der Waals surface area contributed by atoms with Gasteiger partial charge in [0.05, 0.1) is 6.04 Å². The van der Waals surface area contributed by atoms with Gasteiger partial charge in [-0.25, -0.2) is 4.79 Å². The third kappa shape index (κ3) is 12.0. The summed E-state index contributed by atoms with van der Waals surface area (Å²) in [7, 11) is 0. The van der Waals surface area contributed by atoms with Crippen LogP contribution < -0.4 is 32.7 Å². The molecule has 0 unspecified atom stereocenters. The highest BCUT2D eigenvalue weighted by Gasteiger charge is 2.29. The molecule has 0 aromatic rings. The van der Waals surface area contributed by atoms with Gasteiger partial charge in [-0.1, -0.05) is 20.3 Å². The molecular formula is C20H37N7O7. The molecule has 0 saturated heterocycles. The zero-order valence-electron chi connectivity index (χ0n) is 19.7. The maximum Gasteiger partial charge on any atom is 0.326 e. The van der Waals surface area contributed by atoms with Gasteiger partial charge in [0.1, 0.15) is 18.1 Å². The van der Waals surface area contributed by atoms with E-state index in [1.165, 1.54) is 6.92 Å². The van der Waals surface area contributed by atoms with Crippen LogP contribution in [0.4, 0.5) is 0 Å². The topological polar surface area (TPSA) is 250 Å². The van der Waals surface area contributed by atoms with Gasteiger partial charge in [-0.15, -0.1) is 0 Å². The lowest BCUT2D eigenvalue weighted by molar-refractivity contribution is -0.142. The van der Waals surface area contributed by atoms with E-state index in [1.54, 1.807) is 6.92 Å². The molecule has 0 aromatic carbocycles. The highest BCUT2D eigenvalue weighted by molar-refractivity contribution is 5.94. The Hall–Kier alpha value is -3.42. The van der Waals surface area contributed by atoms with Crippen LogP contribution in [-0.4, -0.2) is 76.5 Å². The van der Waals surface area contributed by atoms with Gasteiger partial charge in [-0.05, 0) is 32.1 Å². The maximum absolute atomic E-state index is 12.7. The highest BCUT2D eigenvalue weighted by atomic mass is 16.4. The zero-order chi connectivity index (χ0) is 26.4. The number of guanidine groups is 1. The lowest BCUT2D eigenvalue weighted by atomic mass is 9.98. The number of nitrogens with two attached hydrogens (primary N) is 2. The zero-order valence-corrected chi connectivity index (χ0v) is 19.7. The minimum Gasteiger partial charge on any atom is -0.481 e. The van der Waals surface area contributed by atoms with Gasteiger partial charge in [0, 0.05) is 13.0 Å². The third-order valence-corrected chi connectivity index (χ3v) is 5.19. The Labute approximate surface area is 198 Å². The van der Waals surface area contributed by atoms with Crippen LogP contribution in [0.15, 0.2) is 0 Å². The number of hydrogen-bond donors (Lipinski definition) is 9. The van der Waals surface area contributed by atoms with Gasteiger partial charge >= 0.3 is 11.9 Å². The largest absolute Gasteiger partial charge is 0.481 e. The monoisotopic (exact) mass is 487 g/mol. The molecule has 0 spiro atoms. The smallest absolute Gasteiger partial charge is 0.326 e. The van der Waals surface area contributed by atoms with E-state index >= 15 is 0 Å². The minimum atomic E-state index is -1.28. The molecule has 0 radical (unpaired) electrons. The molecule has 0 aliphatic heterocycles. The Kier molecular flexibility index (Phi) is 13.9. The number of carbonyl (C=O) groups excluding carboxylic acids is 3. The number of carbonyl (C=O) groups is 5. The molecule has 14 heteroatoms. The molecule has 11 N–H and O–H groups in total. The Balaban J connectivity index is 5.09. The molecule has 194 valence electrons. The van der Waals surface area contributed by atoms with Crippen molar-refractivity contribution in [1.29, 1.82) is 5.41 Å². The van der Waals surface area contributed by atoms with Crippen molar-refractivity contribution in [1.82, 2.24) is 21.3 Å². The molecule has 0 aliphatic rings. The lowest BCUT2D eigenvalue weighted by Crippen LogP contribution is -2.57. The van der Waals surface area contributed by atoms with E-state index in [4.69, 9.17) is 22.0 Å². The molecule has 3 amide bonds. The van der Waals surface area contributed by atoms with Crippen molar-refractivity contribution in [2.45, 2.75) is 77.0 Å². The fraction of sp³-hybridized carbons (Fsp3) is 0.700. The first-order chi connectivity index (χ1) is 15.8. The van der Waals surface area contributed by atoms with Crippen LogP contribution in [0, 0.1) is 11.3 Å². The first-order valence-corrected chi connectivity index (χ1v) is 11.0. The van der Waals surface area contributed by atoms with Gasteiger partial charge in [0.15, 0.2) is 5.96 Å². The van der Waals surface area contributed by atoms with Crippen LogP contribution in [0.2, 0.25) is 0 Å². The van der Waals surface area contributed by atoms with Crippen LogP contribution >= 0.6 is 0 Å². The molecule has 0 fully saturated rings. The number of carboxylic acid groups (broad SMARTS) is 2. The number of nitrogens with one attached hydrogen (secondary N) is 5. The summed E-state index contributed by atoms with van der Waals surface area (Å²) in [6.45, 7) is 5.17. The molecule has 0 bridgehead atoms. The Morgan fingerprint density at radius 1 is 0.912 bits per heavy atom. The number of rotatable bonds is 16. The third-order valence-electron chi connectivity index (χ3n) is 5.19. The van der Waals surface area contributed by atoms with Gasteiger partial charge in [-0.2, -0.15) is 0 Å². The van der Waals surface area contributed by atoms with Crippen molar-refractivity contribution >= 4 is 35.6 Å². The SMILES string of the molecule is CC[C@H](C)[C@H](N)C(=O)N[C@@H](CCC(=O)O)C(=O)N[C@@H](C)C(=O)N[C@@H](CCCNC(=N)N)C(=O)O. The molecule has 0 saturated carbocycles. The summed E-state index contributed by atoms with van der Waals surface area (Å²) in [6, 6.07) is -4.56. The number of carboxylic acids is 2. The van der Waals surface area contributed by atoms with E-state index in [1.807, 2.05) is 6.92 Å². The van der Waals surface area contributed by atoms with Crippen molar-refractivity contribution in [2.24, 2.45) is 17.4 Å². The van der Waals surface area contributed by atoms with Crippen molar-refractivity contribution in [3.05, 3.63) is 0 Å². The van der Waals surface area contributed by atoms with Gasteiger partial charge < -0.3 is 42.9 Å². The molecule has 0 aromatic heterocycles. The second kappa shape index (κ2) is 15.4. The van der Waals surface area contributed by atoms with E-state index in [2.05, 4.69) is 21.3 Å². The minimum absolute atomic E-state index is 0.0484. The summed E-state index contributed by atoms with van der Waals surface area (Å²) in [4.78, 5) is 59.8. The van der Waals surface area contributed by atoms with E-state index < -0.39 is 60.2 Å². The first kappa shape index (κ1) is 30.6. The van der Waals surface area contributed by atoms with Gasteiger partial charge in [0.25, 0.3) is 0 Å². The predicted molar refractivity (Wildman–Crippen MR) is 123 cm³/mol. The van der Waals surface area contributed by atoms with Crippen LogP contribution in [0.1, 0.15) is 52.9 Å². The predicted octanol–water partition coefficient (Wildman–Crippen LogP) is -1.95. The molecule has 14 nitrogen and oxygen atoms in total. The van der Waals surface area contributed by atoms with E-state index in [0.717, 1.165) is 0 Å². The van der Waals surface area contributed by atoms with Crippen LogP contribution in [0.3, 0.4) is 0 Å². The maximum atomic E-state index is 12.7. The Bertz CT molecular complexity index is 747. The fourth-order valence-electron chi connectivity index (χ4n) is 2.78. The molecule has 34 heavy (non-hydrogen) atoms. The molecule has 0 aliphatic carbocycles. The normalized spacial score (nSPS) is 15.1. The number of amides is 3. The summed E-state index contributed by atoms with van der Waals surface area (Å²) in [5.41, 5.74) is 11.0. The number of hydrogen-bond acceptors (Lipinski definition) is 7. The second-order valence-electron chi connectivity index (χ2n) is 8.02. The summed E-state index contributed by atoms with van der Waals surface area (Å²) in [5, 5.41) is 35.0. The quantitative estimate of drug-likeness (QED) is 0.0660. The van der Waals surface area contributed by atoms with E-state index in [0.29, 0.717) is 12.8 Å². The lowest BCUT2D eigenvalue weighted by Gasteiger charge is -2.24. The van der Waals surface area contributed by atoms with Crippen molar-refractivity contribution in [3.63, 3.8) is 0 Å². The summed E-state index contributed by atoms with van der Waals surface area (Å²) in [5.74, 6) is -5.09. The van der Waals surface area contributed by atoms with Crippen molar-refractivity contribution in [2.75, 3.05) is 6.54 Å². The second-order valence-corrected chi connectivity index (χ2v) is 8.02. The Morgan fingerprint density at radius 3 is 2.00 bits per heavy atom. The molecule has 0 rings (SSSR count). The molecule has 5 atom stereocenters. The van der Waals surface area contributed by atoms with Gasteiger partial charge in [0.2, 0.25) is 17.7 Å². The van der Waals surface area contributed by atoms with Crippen LogP contribution in [-0.2, 0) is 24.0 Å². The fourth-order valence-corrected chi connectivity index (χ4v) is 2.78.